The van der Waals surface area contributed by atoms with Crippen LogP contribution in [0.4, 0.5) is 8.78 Å². The lowest BCUT2D eigenvalue weighted by molar-refractivity contribution is -0.159. The number of esters is 1. The molecule has 4 nitrogen and oxygen atoms in total. The fourth-order valence-electron chi connectivity index (χ4n) is 1.96. The van der Waals surface area contributed by atoms with E-state index >= 15 is 0 Å². The molecule has 1 N–H and O–H groups in total. The molecular formula is C10H15F2NO3. The normalized spacial score (nSPS) is 30.4. The van der Waals surface area contributed by atoms with Crippen LogP contribution in [0.5, 0.6) is 0 Å². The molecule has 2 rings (SSSR count). The Morgan fingerprint density at radius 2 is 2.06 bits per heavy atom. The zero-order valence-electron chi connectivity index (χ0n) is 8.88. The molecule has 2 fully saturated rings. The molecule has 2 saturated heterocycles. The fraction of sp³-hybridized carbons (Fsp3) is 0.900. The first-order chi connectivity index (χ1) is 7.58. The van der Waals surface area contributed by atoms with E-state index in [1.807, 2.05) is 0 Å². The minimum absolute atomic E-state index is 0.279. The summed E-state index contributed by atoms with van der Waals surface area (Å²) >= 11 is 0. The number of alkyl halides is 2. The Hall–Kier alpha value is -0.750. The summed E-state index contributed by atoms with van der Waals surface area (Å²) < 4.78 is 35.4. The van der Waals surface area contributed by atoms with Crippen LogP contribution in [0.25, 0.3) is 0 Å². The predicted molar refractivity (Wildman–Crippen MR) is 51.3 cm³/mol. The number of halogens is 2. The maximum atomic E-state index is 12.8. The first-order valence-electron chi connectivity index (χ1n) is 5.48. The lowest BCUT2D eigenvalue weighted by Crippen LogP contribution is -2.39. The van der Waals surface area contributed by atoms with Gasteiger partial charge in [0.05, 0.1) is 6.42 Å². The van der Waals surface area contributed by atoms with E-state index in [2.05, 4.69) is 10.1 Å². The topological polar surface area (TPSA) is 47.6 Å². The Morgan fingerprint density at radius 1 is 1.38 bits per heavy atom. The minimum atomic E-state index is -3.30. The molecule has 16 heavy (non-hydrogen) atoms. The van der Waals surface area contributed by atoms with Gasteiger partial charge in [-0.2, -0.15) is 8.78 Å². The number of carbonyl (C=O) groups is 1. The fourth-order valence-corrected chi connectivity index (χ4v) is 1.96. The highest BCUT2D eigenvalue weighted by molar-refractivity contribution is 5.79. The molecule has 6 heteroatoms. The molecule has 0 bridgehead atoms. The van der Waals surface area contributed by atoms with Crippen LogP contribution >= 0.6 is 0 Å². The highest BCUT2D eigenvalue weighted by Gasteiger charge is 2.50. The number of cyclic esters (lactones) is 1. The standard InChI is InChI=1S/C10H15F2NO3/c11-10(12)5-8(16-9(10)14)6-13-7-1-3-15-4-2-7/h7-8,13H,1-6H2. The molecule has 2 heterocycles. The maximum absolute atomic E-state index is 12.8. The molecule has 0 aromatic heterocycles. The van der Waals surface area contributed by atoms with Gasteiger partial charge in [-0.1, -0.05) is 0 Å². The lowest BCUT2D eigenvalue weighted by Gasteiger charge is -2.24. The summed E-state index contributed by atoms with van der Waals surface area (Å²) in [5.41, 5.74) is 0. The van der Waals surface area contributed by atoms with Crippen LogP contribution in [0.1, 0.15) is 19.3 Å². The first kappa shape index (κ1) is 11.7. The smallest absolute Gasteiger partial charge is 0.377 e. The molecule has 0 radical (unpaired) electrons. The molecule has 92 valence electrons. The lowest BCUT2D eigenvalue weighted by atomic mass is 10.1. The van der Waals surface area contributed by atoms with Crippen molar-refractivity contribution < 1.29 is 23.0 Å². The largest absolute Gasteiger partial charge is 0.456 e. The van der Waals surface area contributed by atoms with Crippen molar-refractivity contribution in [3.05, 3.63) is 0 Å². The second kappa shape index (κ2) is 4.63. The van der Waals surface area contributed by atoms with Gasteiger partial charge in [0.25, 0.3) is 0 Å². The van der Waals surface area contributed by atoms with Gasteiger partial charge in [0, 0.05) is 25.8 Å². The highest BCUT2D eigenvalue weighted by atomic mass is 19.3. The monoisotopic (exact) mass is 235 g/mol. The summed E-state index contributed by atoms with van der Waals surface area (Å²) in [5.74, 6) is -4.70. The summed E-state index contributed by atoms with van der Waals surface area (Å²) in [5, 5.41) is 3.13. The van der Waals surface area contributed by atoms with Gasteiger partial charge in [-0.15, -0.1) is 0 Å². The van der Waals surface area contributed by atoms with E-state index in [4.69, 9.17) is 4.74 Å². The Labute approximate surface area is 92.3 Å². The van der Waals surface area contributed by atoms with Crippen molar-refractivity contribution in [1.29, 1.82) is 0 Å². The van der Waals surface area contributed by atoms with Crippen molar-refractivity contribution >= 4 is 5.97 Å². The van der Waals surface area contributed by atoms with E-state index in [0.717, 1.165) is 12.8 Å². The van der Waals surface area contributed by atoms with Crippen molar-refractivity contribution in [1.82, 2.24) is 5.32 Å². The SMILES string of the molecule is O=C1OC(CNC2CCOCC2)CC1(F)F. The van der Waals surface area contributed by atoms with Gasteiger partial charge in [-0.25, -0.2) is 4.79 Å². The summed E-state index contributed by atoms with van der Waals surface area (Å²) in [4.78, 5) is 10.7. The first-order valence-corrected chi connectivity index (χ1v) is 5.48. The van der Waals surface area contributed by atoms with E-state index < -0.39 is 24.4 Å². The van der Waals surface area contributed by atoms with Crippen molar-refractivity contribution in [3.8, 4) is 0 Å². The van der Waals surface area contributed by atoms with Gasteiger partial charge < -0.3 is 14.8 Å². The Balaban J connectivity index is 1.73. The van der Waals surface area contributed by atoms with E-state index in [-0.39, 0.29) is 6.04 Å². The molecule has 0 aliphatic carbocycles. The number of carbonyl (C=O) groups excluding carboxylic acids is 1. The van der Waals surface area contributed by atoms with E-state index in [1.54, 1.807) is 0 Å². The van der Waals surface area contributed by atoms with Gasteiger partial charge in [-0.05, 0) is 12.8 Å². The minimum Gasteiger partial charge on any atom is -0.456 e. The predicted octanol–water partition coefficient (Wildman–Crippen LogP) is 0.706. The molecular weight excluding hydrogens is 220 g/mol. The Kier molecular flexibility index (Phi) is 3.39. The molecule has 2 aliphatic heterocycles. The van der Waals surface area contributed by atoms with E-state index in [1.165, 1.54) is 0 Å². The average molecular weight is 235 g/mol. The van der Waals surface area contributed by atoms with Crippen LogP contribution in [-0.2, 0) is 14.3 Å². The van der Waals surface area contributed by atoms with Crippen LogP contribution in [-0.4, -0.2) is 43.8 Å². The molecule has 2 aliphatic rings. The zero-order chi connectivity index (χ0) is 11.6. The van der Waals surface area contributed by atoms with E-state index in [9.17, 15) is 13.6 Å². The van der Waals surface area contributed by atoms with Crippen molar-refractivity contribution in [2.24, 2.45) is 0 Å². The van der Waals surface area contributed by atoms with Crippen LogP contribution in [0.3, 0.4) is 0 Å². The zero-order valence-corrected chi connectivity index (χ0v) is 8.88. The second-order valence-electron chi connectivity index (χ2n) is 4.23. The second-order valence-corrected chi connectivity index (χ2v) is 4.23. The van der Waals surface area contributed by atoms with Crippen LogP contribution < -0.4 is 5.32 Å². The van der Waals surface area contributed by atoms with Gasteiger partial charge in [0.1, 0.15) is 6.10 Å². The van der Waals surface area contributed by atoms with E-state index in [0.29, 0.717) is 19.8 Å². The third kappa shape index (κ3) is 2.68. The van der Waals surface area contributed by atoms with Gasteiger partial charge in [0.15, 0.2) is 0 Å². The number of rotatable bonds is 3. The average Bonchev–Trinajstić information content (AvgIpc) is 2.52. The van der Waals surface area contributed by atoms with Crippen LogP contribution in [0, 0.1) is 0 Å². The quantitative estimate of drug-likeness (QED) is 0.732. The molecule has 0 amide bonds. The number of ether oxygens (including phenoxy) is 2. The number of hydrogen-bond donors (Lipinski definition) is 1. The number of hydrogen-bond acceptors (Lipinski definition) is 4. The van der Waals surface area contributed by atoms with Crippen LogP contribution in [0.15, 0.2) is 0 Å². The van der Waals surface area contributed by atoms with Crippen molar-refractivity contribution in [2.45, 2.75) is 37.3 Å². The molecule has 1 unspecified atom stereocenters. The van der Waals surface area contributed by atoms with Gasteiger partial charge >= 0.3 is 11.9 Å². The van der Waals surface area contributed by atoms with Crippen molar-refractivity contribution in [3.63, 3.8) is 0 Å². The highest BCUT2D eigenvalue weighted by Crippen LogP contribution is 2.30. The summed E-state index contributed by atoms with van der Waals surface area (Å²) in [6.45, 7) is 1.68. The van der Waals surface area contributed by atoms with Gasteiger partial charge in [-0.3, -0.25) is 0 Å². The third-order valence-electron chi connectivity index (χ3n) is 2.91. The Morgan fingerprint density at radius 3 is 2.62 bits per heavy atom. The maximum Gasteiger partial charge on any atom is 0.377 e. The molecule has 0 aromatic rings. The summed E-state index contributed by atoms with van der Waals surface area (Å²) in [6, 6.07) is 0.279. The molecule has 0 aromatic carbocycles. The van der Waals surface area contributed by atoms with Crippen molar-refractivity contribution in [2.75, 3.05) is 19.8 Å². The third-order valence-corrected chi connectivity index (χ3v) is 2.91. The van der Waals surface area contributed by atoms with Gasteiger partial charge in [0.2, 0.25) is 0 Å². The summed E-state index contributed by atoms with van der Waals surface area (Å²) in [6.07, 6.45) is 0.529. The number of nitrogens with one attached hydrogen (secondary N) is 1. The Bertz CT molecular complexity index is 267. The molecule has 0 saturated carbocycles. The molecule has 1 atom stereocenters. The molecule has 0 spiro atoms. The summed E-state index contributed by atoms with van der Waals surface area (Å²) in [7, 11) is 0. The van der Waals surface area contributed by atoms with Crippen LogP contribution in [0.2, 0.25) is 0 Å².